The zero-order valence-electron chi connectivity index (χ0n) is 16.2. The Morgan fingerprint density at radius 3 is 2.55 bits per heavy atom. The van der Waals surface area contributed by atoms with Gasteiger partial charge in [-0.1, -0.05) is 18.2 Å². The molecular formula is C21H22N4O3S. The van der Waals surface area contributed by atoms with Gasteiger partial charge in [0.2, 0.25) is 0 Å². The summed E-state index contributed by atoms with van der Waals surface area (Å²) < 4.78 is 5.22. The summed E-state index contributed by atoms with van der Waals surface area (Å²) in [4.78, 5) is 39.2. The molecule has 150 valence electrons. The minimum atomic E-state index is -0.475. The summed E-state index contributed by atoms with van der Waals surface area (Å²) in [5.74, 6) is 0.0983. The maximum absolute atomic E-state index is 12.7. The molecular weight excluding hydrogens is 388 g/mol. The first kappa shape index (κ1) is 19.3. The third kappa shape index (κ3) is 4.07. The molecule has 1 aliphatic heterocycles. The highest BCUT2D eigenvalue weighted by molar-refractivity contribution is 7.12. The van der Waals surface area contributed by atoms with E-state index in [9.17, 15) is 9.59 Å². The second-order valence-electron chi connectivity index (χ2n) is 6.72. The van der Waals surface area contributed by atoms with E-state index in [4.69, 9.17) is 9.72 Å². The number of anilines is 1. The number of aromatic nitrogens is 2. The Labute approximate surface area is 172 Å². The average Bonchev–Trinajstić information content (AvgIpc) is 3.17. The van der Waals surface area contributed by atoms with E-state index in [0.29, 0.717) is 37.5 Å². The molecule has 0 radical (unpaired) electrons. The van der Waals surface area contributed by atoms with E-state index in [-0.39, 0.29) is 18.2 Å². The number of esters is 1. The number of hydrogen-bond donors (Lipinski definition) is 0. The third-order valence-corrected chi connectivity index (χ3v) is 5.69. The van der Waals surface area contributed by atoms with Gasteiger partial charge in [-0.05, 0) is 36.9 Å². The molecule has 3 heterocycles. The van der Waals surface area contributed by atoms with Crippen molar-refractivity contribution in [3.63, 3.8) is 0 Å². The highest BCUT2D eigenvalue weighted by Crippen LogP contribution is 2.23. The molecule has 1 aliphatic rings. The lowest BCUT2D eigenvalue weighted by atomic mass is 10.2. The first-order chi connectivity index (χ1) is 14.2. The Kier molecular flexibility index (Phi) is 5.71. The van der Waals surface area contributed by atoms with E-state index in [1.165, 1.54) is 11.3 Å². The number of rotatable bonds is 4. The van der Waals surface area contributed by atoms with Crippen LogP contribution < -0.4 is 4.90 Å². The number of nitrogens with zero attached hydrogens (tertiary/aromatic N) is 4. The van der Waals surface area contributed by atoms with Crippen LogP contribution in [0.4, 0.5) is 5.82 Å². The zero-order chi connectivity index (χ0) is 20.2. The molecule has 2 aromatic heterocycles. The van der Waals surface area contributed by atoms with Crippen LogP contribution in [0, 0.1) is 0 Å². The minimum absolute atomic E-state index is 0.0528. The molecule has 1 fully saturated rings. The lowest BCUT2D eigenvalue weighted by Crippen LogP contribution is -2.35. The third-order valence-electron chi connectivity index (χ3n) is 4.84. The molecule has 0 saturated carbocycles. The molecule has 0 spiro atoms. The van der Waals surface area contributed by atoms with Gasteiger partial charge in [0.25, 0.3) is 5.91 Å². The number of benzene rings is 1. The maximum atomic E-state index is 12.7. The van der Waals surface area contributed by atoms with E-state index in [1.54, 1.807) is 6.92 Å². The lowest BCUT2D eigenvalue weighted by Gasteiger charge is -2.24. The van der Waals surface area contributed by atoms with E-state index >= 15 is 0 Å². The summed E-state index contributed by atoms with van der Waals surface area (Å²) in [5.41, 5.74) is 1.61. The van der Waals surface area contributed by atoms with Gasteiger partial charge >= 0.3 is 5.97 Å². The van der Waals surface area contributed by atoms with Crippen LogP contribution in [0.2, 0.25) is 0 Å². The number of amides is 1. The molecule has 1 aromatic carbocycles. The van der Waals surface area contributed by atoms with E-state index < -0.39 is 5.97 Å². The molecule has 0 bridgehead atoms. The Balaban J connectivity index is 1.62. The number of fused-ring (bicyclic) bond motifs is 1. The SMILES string of the molecule is CCOC(=O)c1nc2ccccc2nc1N1CCCN(C(=O)c2cccs2)CC1. The van der Waals surface area contributed by atoms with Crippen LogP contribution >= 0.6 is 11.3 Å². The van der Waals surface area contributed by atoms with Crippen molar-refractivity contribution in [3.05, 3.63) is 52.3 Å². The first-order valence-corrected chi connectivity index (χ1v) is 10.6. The lowest BCUT2D eigenvalue weighted by molar-refractivity contribution is 0.0520. The van der Waals surface area contributed by atoms with Gasteiger partial charge in [-0.25, -0.2) is 14.8 Å². The van der Waals surface area contributed by atoms with Crippen LogP contribution in [0.25, 0.3) is 11.0 Å². The van der Waals surface area contributed by atoms with Gasteiger partial charge in [-0.15, -0.1) is 11.3 Å². The molecule has 8 heteroatoms. The van der Waals surface area contributed by atoms with Gasteiger partial charge < -0.3 is 14.5 Å². The second kappa shape index (κ2) is 8.57. The van der Waals surface area contributed by atoms with Crippen LogP contribution in [-0.4, -0.2) is 59.5 Å². The number of ether oxygens (including phenoxy) is 1. The largest absolute Gasteiger partial charge is 0.461 e. The van der Waals surface area contributed by atoms with Crippen LogP contribution in [0.3, 0.4) is 0 Å². The molecule has 7 nitrogen and oxygen atoms in total. The number of carbonyl (C=O) groups excluding carboxylic acids is 2. The van der Waals surface area contributed by atoms with Crippen LogP contribution in [0.5, 0.6) is 0 Å². The molecule has 4 rings (SSSR count). The minimum Gasteiger partial charge on any atom is -0.461 e. The van der Waals surface area contributed by atoms with Crippen LogP contribution in [0.1, 0.15) is 33.5 Å². The zero-order valence-corrected chi connectivity index (χ0v) is 17.0. The standard InChI is InChI=1S/C21H22N4O3S/c1-2-28-21(27)18-19(23-16-8-4-3-7-15(16)22-18)24-10-6-11-25(13-12-24)20(26)17-9-5-14-29-17/h3-5,7-9,14H,2,6,10-13H2,1H3. The Morgan fingerprint density at radius 1 is 1.03 bits per heavy atom. The van der Waals surface area contributed by atoms with Crippen molar-refractivity contribution in [3.8, 4) is 0 Å². The van der Waals surface area contributed by atoms with Crippen molar-refractivity contribution >= 4 is 40.1 Å². The van der Waals surface area contributed by atoms with Crippen LogP contribution in [0.15, 0.2) is 41.8 Å². The van der Waals surface area contributed by atoms with Crippen molar-refractivity contribution in [2.24, 2.45) is 0 Å². The summed E-state index contributed by atoms with van der Waals surface area (Å²) in [6.07, 6.45) is 0.786. The number of carbonyl (C=O) groups is 2. The van der Waals surface area contributed by atoms with E-state index in [2.05, 4.69) is 4.98 Å². The molecule has 1 saturated heterocycles. The average molecular weight is 410 g/mol. The molecule has 29 heavy (non-hydrogen) atoms. The topological polar surface area (TPSA) is 75.6 Å². The van der Waals surface area contributed by atoms with Crippen molar-refractivity contribution in [1.82, 2.24) is 14.9 Å². The van der Waals surface area contributed by atoms with Crippen molar-refractivity contribution in [2.45, 2.75) is 13.3 Å². The summed E-state index contributed by atoms with van der Waals surface area (Å²) >= 11 is 1.45. The van der Waals surface area contributed by atoms with Gasteiger partial charge in [0.15, 0.2) is 11.5 Å². The summed E-state index contributed by atoms with van der Waals surface area (Å²) in [6, 6.07) is 11.2. The smallest absolute Gasteiger partial charge is 0.360 e. The van der Waals surface area contributed by atoms with Gasteiger partial charge in [0, 0.05) is 26.2 Å². The Morgan fingerprint density at radius 2 is 1.83 bits per heavy atom. The fraction of sp³-hybridized carbons (Fsp3) is 0.333. The van der Waals surface area contributed by atoms with Crippen LogP contribution in [-0.2, 0) is 4.74 Å². The molecule has 0 atom stereocenters. The molecule has 1 amide bonds. The van der Waals surface area contributed by atoms with E-state index in [0.717, 1.165) is 16.8 Å². The maximum Gasteiger partial charge on any atom is 0.360 e. The van der Waals surface area contributed by atoms with E-state index in [1.807, 2.05) is 51.6 Å². The van der Waals surface area contributed by atoms with Gasteiger partial charge in [0.05, 0.1) is 22.5 Å². The number of hydrogen-bond acceptors (Lipinski definition) is 7. The second-order valence-corrected chi connectivity index (χ2v) is 7.66. The molecule has 0 N–H and O–H groups in total. The first-order valence-electron chi connectivity index (χ1n) is 9.69. The predicted molar refractivity (Wildman–Crippen MR) is 113 cm³/mol. The summed E-state index contributed by atoms with van der Waals surface area (Å²) in [6.45, 7) is 4.54. The Bertz CT molecular complexity index is 1020. The molecule has 0 unspecified atom stereocenters. The predicted octanol–water partition coefficient (Wildman–Crippen LogP) is 3.22. The quantitative estimate of drug-likeness (QED) is 0.615. The highest BCUT2D eigenvalue weighted by atomic mass is 32.1. The number of thiophene rings is 1. The summed E-state index contributed by atoms with van der Waals surface area (Å²) in [5, 5.41) is 1.91. The fourth-order valence-corrected chi connectivity index (χ4v) is 4.13. The molecule has 0 aliphatic carbocycles. The van der Waals surface area contributed by atoms with Crippen molar-refractivity contribution < 1.29 is 14.3 Å². The van der Waals surface area contributed by atoms with Crippen molar-refractivity contribution in [1.29, 1.82) is 0 Å². The van der Waals surface area contributed by atoms with Crippen molar-refractivity contribution in [2.75, 3.05) is 37.7 Å². The summed E-state index contributed by atoms with van der Waals surface area (Å²) in [7, 11) is 0. The van der Waals surface area contributed by atoms with Gasteiger partial charge in [-0.3, -0.25) is 4.79 Å². The fourth-order valence-electron chi connectivity index (χ4n) is 3.44. The Hall–Kier alpha value is -3.00. The number of para-hydroxylation sites is 2. The monoisotopic (exact) mass is 410 g/mol. The van der Waals surface area contributed by atoms with Gasteiger partial charge in [-0.2, -0.15) is 0 Å². The molecule has 3 aromatic rings. The van der Waals surface area contributed by atoms with Gasteiger partial charge in [0.1, 0.15) is 0 Å². The normalized spacial score (nSPS) is 14.7. The highest BCUT2D eigenvalue weighted by Gasteiger charge is 2.26.